The van der Waals surface area contributed by atoms with Crippen molar-refractivity contribution in [1.82, 2.24) is 4.90 Å². The Morgan fingerprint density at radius 1 is 0.700 bits per heavy atom. The third-order valence-corrected chi connectivity index (χ3v) is 5.88. The first-order chi connectivity index (χ1) is 14.6. The van der Waals surface area contributed by atoms with Gasteiger partial charge in [-0.15, -0.1) is 0 Å². The van der Waals surface area contributed by atoms with Gasteiger partial charge in [-0.3, -0.25) is 14.4 Å². The van der Waals surface area contributed by atoms with Gasteiger partial charge in [-0.1, -0.05) is 103 Å². The Morgan fingerprint density at radius 3 is 1.60 bits per heavy atom. The van der Waals surface area contributed by atoms with E-state index in [1.54, 1.807) is 11.9 Å². The van der Waals surface area contributed by atoms with E-state index in [0.717, 1.165) is 18.9 Å². The molecule has 0 aliphatic heterocycles. The SMILES string of the molecule is CCCCCCCCCCCCCCCCCCN(C)C(=O)C1=CC(=O)C=CC1=O. The Kier molecular flexibility index (Phi) is 14.9. The molecule has 0 N–H and O–H groups in total. The molecule has 0 bridgehead atoms. The van der Waals surface area contributed by atoms with Crippen LogP contribution in [0.1, 0.15) is 110 Å². The van der Waals surface area contributed by atoms with Crippen molar-refractivity contribution in [1.29, 1.82) is 0 Å². The lowest BCUT2D eigenvalue weighted by Gasteiger charge is -2.18. The van der Waals surface area contributed by atoms with E-state index in [1.165, 1.54) is 102 Å². The van der Waals surface area contributed by atoms with Crippen molar-refractivity contribution in [2.24, 2.45) is 0 Å². The number of rotatable bonds is 18. The minimum Gasteiger partial charge on any atom is -0.342 e. The molecule has 0 radical (unpaired) electrons. The van der Waals surface area contributed by atoms with E-state index in [0.29, 0.717) is 6.54 Å². The number of ketones is 2. The highest BCUT2D eigenvalue weighted by atomic mass is 16.2. The topological polar surface area (TPSA) is 54.5 Å². The summed E-state index contributed by atoms with van der Waals surface area (Å²) in [5, 5.41) is 0. The number of unbranched alkanes of at least 4 members (excludes halogenated alkanes) is 15. The molecule has 0 spiro atoms. The van der Waals surface area contributed by atoms with Gasteiger partial charge in [0, 0.05) is 19.7 Å². The van der Waals surface area contributed by atoms with E-state index in [-0.39, 0.29) is 23.0 Å². The van der Waals surface area contributed by atoms with E-state index in [9.17, 15) is 14.4 Å². The second-order valence-electron chi connectivity index (χ2n) is 8.69. The van der Waals surface area contributed by atoms with Gasteiger partial charge < -0.3 is 4.90 Å². The maximum Gasteiger partial charge on any atom is 0.257 e. The van der Waals surface area contributed by atoms with Crippen LogP contribution in [0.5, 0.6) is 0 Å². The monoisotopic (exact) mass is 417 g/mol. The van der Waals surface area contributed by atoms with E-state index < -0.39 is 0 Å². The number of amides is 1. The zero-order valence-electron chi connectivity index (χ0n) is 19.4. The van der Waals surface area contributed by atoms with Crippen LogP contribution in [0.3, 0.4) is 0 Å². The van der Waals surface area contributed by atoms with Gasteiger partial charge in [-0.2, -0.15) is 0 Å². The maximum absolute atomic E-state index is 12.3. The summed E-state index contributed by atoms with van der Waals surface area (Å²) in [5.74, 6) is -1.02. The average Bonchev–Trinajstić information content (AvgIpc) is 2.74. The quantitative estimate of drug-likeness (QED) is 0.148. The number of nitrogens with zero attached hydrogens (tertiary/aromatic N) is 1. The summed E-state index contributed by atoms with van der Waals surface area (Å²) in [7, 11) is 1.70. The molecule has 170 valence electrons. The number of likely N-dealkylation sites (N-methyl/N-ethyl adjacent to an activating group) is 1. The minimum atomic E-state index is -0.376. The second-order valence-corrected chi connectivity index (χ2v) is 8.69. The first kappa shape index (κ1) is 26.3. The molecule has 0 aromatic carbocycles. The van der Waals surface area contributed by atoms with Gasteiger partial charge in [-0.25, -0.2) is 0 Å². The van der Waals surface area contributed by atoms with Gasteiger partial charge in [0.1, 0.15) is 0 Å². The third-order valence-electron chi connectivity index (χ3n) is 5.88. The molecular weight excluding hydrogens is 374 g/mol. The van der Waals surface area contributed by atoms with Crippen LogP contribution in [0, 0.1) is 0 Å². The zero-order valence-corrected chi connectivity index (χ0v) is 19.4. The van der Waals surface area contributed by atoms with E-state index in [2.05, 4.69) is 6.92 Å². The smallest absolute Gasteiger partial charge is 0.257 e. The van der Waals surface area contributed by atoms with Crippen LogP contribution >= 0.6 is 0 Å². The van der Waals surface area contributed by atoms with Crippen LogP contribution in [0.25, 0.3) is 0 Å². The molecule has 4 nitrogen and oxygen atoms in total. The number of carbonyl (C=O) groups excluding carboxylic acids is 3. The van der Waals surface area contributed by atoms with Crippen molar-refractivity contribution in [3.8, 4) is 0 Å². The molecule has 0 fully saturated rings. The van der Waals surface area contributed by atoms with Crippen LogP contribution in [-0.4, -0.2) is 36.0 Å². The van der Waals surface area contributed by atoms with Crippen molar-refractivity contribution in [2.75, 3.05) is 13.6 Å². The Morgan fingerprint density at radius 2 is 1.13 bits per heavy atom. The van der Waals surface area contributed by atoms with Crippen molar-refractivity contribution in [3.05, 3.63) is 23.8 Å². The van der Waals surface area contributed by atoms with Gasteiger partial charge in [-0.05, 0) is 18.6 Å². The van der Waals surface area contributed by atoms with Crippen molar-refractivity contribution in [3.63, 3.8) is 0 Å². The van der Waals surface area contributed by atoms with E-state index in [1.807, 2.05) is 0 Å². The molecule has 0 aromatic rings. The molecule has 1 rings (SSSR count). The Bertz CT molecular complexity index is 577. The summed E-state index contributed by atoms with van der Waals surface area (Å²) < 4.78 is 0. The summed E-state index contributed by atoms with van der Waals surface area (Å²) in [5.41, 5.74) is -0.0125. The predicted octanol–water partition coefficient (Wildman–Crippen LogP) is 6.34. The normalized spacial score (nSPS) is 13.6. The second kappa shape index (κ2) is 17.0. The molecule has 0 saturated carbocycles. The molecule has 1 amide bonds. The molecule has 0 unspecified atom stereocenters. The van der Waals surface area contributed by atoms with Crippen LogP contribution in [-0.2, 0) is 14.4 Å². The standard InChI is InChI=1S/C26H43NO3/c1-3-4-5-6-7-8-9-10-11-12-13-14-15-16-17-18-21-27(2)26(30)24-22-23(28)19-20-25(24)29/h19-20,22H,3-18,21H2,1-2H3. The third kappa shape index (κ3) is 12.1. The number of carbonyl (C=O) groups is 3. The molecule has 0 saturated heterocycles. The van der Waals surface area contributed by atoms with E-state index in [4.69, 9.17) is 0 Å². The first-order valence-corrected chi connectivity index (χ1v) is 12.3. The fraction of sp³-hybridized carbons (Fsp3) is 0.731. The van der Waals surface area contributed by atoms with Crippen molar-refractivity contribution >= 4 is 17.5 Å². The Labute approximate surface area is 184 Å². The van der Waals surface area contributed by atoms with Gasteiger partial charge in [0.15, 0.2) is 11.6 Å². The summed E-state index contributed by atoms with van der Waals surface area (Å²) >= 11 is 0. The largest absolute Gasteiger partial charge is 0.342 e. The van der Waals surface area contributed by atoms with Gasteiger partial charge in [0.25, 0.3) is 5.91 Å². The number of hydrogen-bond acceptors (Lipinski definition) is 3. The molecule has 1 aliphatic rings. The van der Waals surface area contributed by atoms with Gasteiger partial charge in [0.2, 0.25) is 0 Å². The fourth-order valence-corrected chi connectivity index (χ4v) is 3.88. The molecular formula is C26H43NO3. The molecule has 0 aromatic heterocycles. The highest BCUT2D eigenvalue weighted by molar-refractivity contribution is 6.29. The fourth-order valence-electron chi connectivity index (χ4n) is 3.88. The molecule has 0 heterocycles. The zero-order chi connectivity index (χ0) is 22.0. The highest BCUT2D eigenvalue weighted by Gasteiger charge is 2.23. The predicted molar refractivity (Wildman–Crippen MR) is 124 cm³/mol. The number of hydrogen-bond donors (Lipinski definition) is 0. The molecule has 4 heteroatoms. The lowest BCUT2D eigenvalue weighted by atomic mass is 10.0. The molecule has 0 atom stereocenters. The van der Waals surface area contributed by atoms with Crippen LogP contribution < -0.4 is 0 Å². The lowest BCUT2D eigenvalue weighted by Crippen LogP contribution is -2.32. The average molecular weight is 418 g/mol. The molecule has 1 aliphatic carbocycles. The highest BCUT2D eigenvalue weighted by Crippen LogP contribution is 2.14. The van der Waals surface area contributed by atoms with Crippen LogP contribution in [0.4, 0.5) is 0 Å². The first-order valence-electron chi connectivity index (χ1n) is 12.3. The Balaban J connectivity index is 1.91. The van der Waals surface area contributed by atoms with Crippen LogP contribution in [0.2, 0.25) is 0 Å². The summed E-state index contributed by atoms with van der Waals surface area (Å²) in [6.07, 6.45) is 24.6. The minimum absolute atomic E-state index is 0.0125. The summed E-state index contributed by atoms with van der Waals surface area (Å²) in [6.45, 7) is 2.89. The Hall–Kier alpha value is -1.71. The molecule has 30 heavy (non-hydrogen) atoms. The van der Waals surface area contributed by atoms with Gasteiger partial charge in [0.05, 0.1) is 5.57 Å². The van der Waals surface area contributed by atoms with Crippen LogP contribution in [0.15, 0.2) is 23.8 Å². The van der Waals surface area contributed by atoms with Crippen molar-refractivity contribution in [2.45, 2.75) is 110 Å². The maximum atomic E-state index is 12.3. The lowest BCUT2D eigenvalue weighted by molar-refractivity contribution is -0.128. The summed E-state index contributed by atoms with van der Waals surface area (Å²) in [6, 6.07) is 0. The number of allylic oxidation sites excluding steroid dienone is 3. The van der Waals surface area contributed by atoms with Gasteiger partial charge >= 0.3 is 0 Å². The van der Waals surface area contributed by atoms with Crippen molar-refractivity contribution < 1.29 is 14.4 Å². The summed E-state index contributed by atoms with van der Waals surface area (Å²) in [4.78, 5) is 37.0. The van der Waals surface area contributed by atoms with E-state index >= 15 is 0 Å².